The quantitative estimate of drug-likeness (QED) is 0.910. The Morgan fingerprint density at radius 2 is 2.47 bits per heavy atom. The van der Waals surface area contributed by atoms with E-state index in [1.54, 1.807) is 12.3 Å². The van der Waals surface area contributed by atoms with Gasteiger partial charge in [0.25, 0.3) is 0 Å². The minimum atomic E-state index is -0.886. The number of aromatic nitrogens is 1. The predicted molar refractivity (Wildman–Crippen MR) is 67.3 cm³/mol. The summed E-state index contributed by atoms with van der Waals surface area (Å²) >= 11 is 3.37. The number of carboxylic acid groups (broad SMARTS) is 1. The molecule has 0 saturated carbocycles. The zero-order valence-corrected chi connectivity index (χ0v) is 11.1. The van der Waals surface area contributed by atoms with Crippen molar-refractivity contribution in [2.75, 3.05) is 6.61 Å². The fourth-order valence-corrected chi connectivity index (χ4v) is 2.65. The molecule has 0 aliphatic carbocycles. The van der Waals surface area contributed by atoms with Crippen LogP contribution in [0.3, 0.4) is 0 Å². The van der Waals surface area contributed by atoms with Gasteiger partial charge in [0.2, 0.25) is 0 Å². The maximum atomic E-state index is 10.8. The lowest BCUT2D eigenvalue weighted by Gasteiger charge is -2.09. The van der Waals surface area contributed by atoms with E-state index in [1.807, 2.05) is 4.57 Å². The first-order chi connectivity index (χ1) is 8.16. The molecule has 1 aromatic heterocycles. The molecule has 0 radical (unpaired) electrons. The summed E-state index contributed by atoms with van der Waals surface area (Å²) < 4.78 is 8.30. The van der Waals surface area contributed by atoms with Crippen LogP contribution < -0.4 is 0 Å². The highest BCUT2D eigenvalue weighted by atomic mass is 79.9. The van der Waals surface area contributed by atoms with Gasteiger partial charge < -0.3 is 14.4 Å². The van der Waals surface area contributed by atoms with Crippen LogP contribution in [-0.2, 0) is 11.3 Å². The SMILES string of the molecule is O=C(O)c1cc(Br)n(CCCC2CCCO2)c1. The third-order valence-electron chi connectivity index (χ3n) is 3.04. The topological polar surface area (TPSA) is 51.5 Å². The Morgan fingerprint density at radius 3 is 3.06 bits per heavy atom. The molecule has 94 valence electrons. The van der Waals surface area contributed by atoms with Crippen LogP contribution in [-0.4, -0.2) is 28.4 Å². The van der Waals surface area contributed by atoms with Crippen LogP contribution in [0.4, 0.5) is 0 Å². The fraction of sp³-hybridized carbons (Fsp3) is 0.583. The molecule has 4 nitrogen and oxygen atoms in total. The number of halogens is 1. The maximum absolute atomic E-state index is 10.8. The van der Waals surface area contributed by atoms with E-state index >= 15 is 0 Å². The van der Waals surface area contributed by atoms with Crippen LogP contribution in [0.5, 0.6) is 0 Å². The number of carbonyl (C=O) groups is 1. The molecule has 0 bridgehead atoms. The number of carboxylic acids is 1. The van der Waals surface area contributed by atoms with Crippen molar-refractivity contribution in [3.8, 4) is 0 Å². The summed E-state index contributed by atoms with van der Waals surface area (Å²) in [4.78, 5) is 10.8. The van der Waals surface area contributed by atoms with Gasteiger partial charge in [0.1, 0.15) is 0 Å². The van der Waals surface area contributed by atoms with Gasteiger partial charge in [-0.2, -0.15) is 0 Å². The highest BCUT2D eigenvalue weighted by Crippen LogP contribution is 2.20. The molecule has 1 aliphatic heterocycles. The summed E-state index contributed by atoms with van der Waals surface area (Å²) in [6.45, 7) is 1.72. The number of hydrogen-bond donors (Lipinski definition) is 1. The number of aromatic carboxylic acids is 1. The molecule has 2 heterocycles. The molecule has 2 rings (SSSR count). The second kappa shape index (κ2) is 5.69. The molecule has 1 aliphatic rings. The molecular weight excluding hydrogens is 286 g/mol. The Kier molecular flexibility index (Phi) is 4.23. The molecule has 1 atom stereocenters. The second-order valence-electron chi connectivity index (χ2n) is 4.33. The van der Waals surface area contributed by atoms with E-state index < -0.39 is 5.97 Å². The monoisotopic (exact) mass is 301 g/mol. The van der Waals surface area contributed by atoms with Crippen molar-refractivity contribution >= 4 is 21.9 Å². The van der Waals surface area contributed by atoms with Gasteiger partial charge in [-0.05, 0) is 47.7 Å². The molecule has 1 N–H and O–H groups in total. The van der Waals surface area contributed by atoms with E-state index in [-0.39, 0.29) is 0 Å². The normalized spacial score (nSPS) is 19.7. The Hall–Kier alpha value is -0.810. The fourth-order valence-electron chi connectivity index (χ4n) is 2.13. The van der Waals surface area contributed by atoms with Crippen molar-refractivity contribution in [2.45, 2.75) is 38.3 Å². The molecule has 5 heteroatoms. The van der Waals surface area contributed by atoms with Crippen molar-refractivity contribution in [2.24, 2.45) is 0 Å². The van der Waals surface area contributed by atoms with Crippen molar-refractivity contribution in [3.63, 3.8) is 0 Å². The first-order valence-corrected chi connectivity index (χ1v) is 6.66. The molecule has 0 spiro atoms. The van der Waals surface area contributed by atoms with E-state index in [0.29, 0.717) is 11.7 Å². The van der Waals surface area contributed by atoms with Crippen LogP contribution in [0, 0.1) is 0 Å². The van der Waals surface area contributed by atoms with Gasteiger partial charge >= 0.3 is 5.97 Å². The Labute approximate surface area is 109 Å². The lowest BCUT2D eigenvalue weighted by atomic mass is 10.1. The van der Waals surface area contributed by atoms with Gasteiger partial charge in [-0.25, -0.2) is 4.79 Å². The summed E-state index contributed by atoms with van der Waals surface area (Å²) in [7, 11) is 0. The molecule has 0 aromatic carbocycles. The molecule has 17 heavy (non-hydrogen) atoms. The third-order valence-corrected chi connectivity index (χ3v) is 3.72. The van der Waals surface area contributed by atoms with E-state index in [0.717, 1.165) is 37.0 Å². The van der Waals surface area contributed by atoms with Crippen molar-refractivity contribution in [3.05, 3.63) is 22.4 Å². The molecule has 1 fully saturated rings. The molecule has 0 amide bonds. The third kappa shape index (κ3) is 3.33. The van der Waals surface area contributed by atoms with Crippen LogP contribution in [0.25, 0.3) is 0 Å². The first kappa shape index (κ1) is 12.6. The van der Waals surface area contributed by atoms with E-state index in [1.165, 1.54) is 6.42 Å². The summed E-state index contributed by atoms with van der Waals surface area (Å²) in [5.74, 6) is -0.886. The van der Waals surface area contributed by atoms with E-state index in [2.05, 4.69) is 15.9 Å². The van der Waals surface area contributed by atoms with Gasteiger partial charge in [0, 0.05) is 19.3 Å². The average Bonchev–Trinajstić information content (AvgIpc) is 2.89. The van der Waals surface area contributed by atoms with E-state index in [4.69, 9.17) is 9.84 Å². The maximum Gasteiger partial charge on any atom is 0.337 e. The Morgan fingerprint density at radius 1 is 1.65 bits per heavy atom. The minimum Gasteiger partial charge on any atom is -0.478 e. The van der Waals surface area contributed by atoms with Gasteiger partial charge in [-0.3, -0.25) is 0 Å². The van der Waals surface area contributed by atoms with E-state index in [9.17, 15) is 4.79 Å². The summed E-state index contributed by atoms with van der Waals surface area (Å²) in [5, 5.41) is 8.87. The van der Waals surface area contributed by atoms with Crippen LogP contribution in [0.2, 0.25) is 0 Å². The molecule has 1 aromatic rings. The van der Waals surface area contributed by atoms with Gasteiger partial charge in [0.05, 0.1) is 16.3 Å². The molecule has 1 saturated heterocycles. The Bertz CT molecular complexity index is 396. The minimum absolute atomic E-state index is 0.328. The van der Waals surface area contributed by atoms with Crippen LogP contribution in [0.15, 0.2) is 16.9 Å². The summed E-state index contributed by atoms with van der Waals surface area (Å²) in [6, 6.07) is 1.63. The zero-order valence-electron chi connectivity index (χ0n) is 9.56. The zero-order chi connectivity index (χ0) is 12.3. The standard InChI is InChI=1S/C12H16BrNO3/c13-11-7-9(12(15)16)8-14(11)5-1-3-10-4-2-6-17-10/h7-8,10H,1-6H2,(H,15,16). The molecular formula is C12H16BrNO3. The highest BCUT2D eigenvalue weighted by molar-refractivity contribution is 9.10. The first-order valence-electron chi connectivity index (χ1n) is 5.87. The predicted octanol–water partition coefficient (Wildman–Crippen LogP) is 2.91. The van der Waals surface area contributed by atoms with Gasteiger partial charge in [0.15, 0.2) is 0 Å². The smallest absolute Gasteiger partial charge is 0.337 e. The lowest BCUT2D eigenvalue weighted by Crippen LogP contribution is -2.07. The van der Waals surface area contributed by atoms with Crippen molar-refractivity contribution in [1.82, 2.24) is 4.57 Å². The van der Waals surface area contributed by atoms with Gasteiger partial charge in [-0.1, -0.05) is 0 Å². The summed E-state index contributed by atoms with van der Waals surface area (Å²) in [6.07, 6.45) is 6.46. The highest BCUT2D eigenvalue weighted by Gasteiger charge is 2.15. The lowest BCUT2D eigenvalue weighted by molar-refractivity contribution is 0.0696. The molecule has 1 unspecified atom stereocenters. The van der Waals surface area contributed by atoms with Crippen molar-refractivity contribution < 1.29 is 14.6 Å². The second-order valence-corrected chi connectivity index (χ2v) is 5.14. The van der Waals surface area contributed by atoms with Crippen LogP contribution in [0.1, 0.15) is 36.0 Å². The number of rotatable bonds is 5. The van der Waals surface area contributed by atoms with Gasteiger partial charge in [-0.15, -0.1) is 0 Å². The number of hydrogen-bond acceptors (Lipinski definition) is 2. The average molecular weight is 302 g/mol. The number of aryl methyl sites for hydroxylation is 1. The Balaban J connectivity index is 1.83. The van der Waals surface area contributed by atoms with Crippen molar-refractivity contribution in [1.29, 1.82) is 0 Å². The number of ether oxygens (including phenoxy) is 1. The number of nitrogens with zero attached hydrogens (tertiary/aromatic N) is 1. The largest absolute Gasteiger partial charge is 0.478 e. The summed E-state index contributed by atoms with van der Waals surface area (Å²) in [5.41, 5.74) is 0.328. The van der Waals surface area contributed by atoms with Crippen LogP contribution >= 0.6 is 15.9 Å².